The molecule has 1 aliphatic heterocycles. The Balaban J connectivity index is 1.97. The topological polar surface area (TPSA) is 25.4 Å². The molecular weight excluding hydrogens is 188 g/mol. The van der Waals surface area contributed by atoms with Crippen molar-refractivity contribution in [2.75, 3.05) is 31.7 Å². The van der Waals surface area contributed by atoms with Gasteiger partial charge in [-0.3, -0.25) is 0 Å². The van der Waals surface area contributed by atoms with Gasteiger partial charge in [0.1, 0.15) is 5.82 Å². The predicted molar refractivity (Wildman–Crippen MR) is 61.2 cm³/mol. The number of hydrogen-bond donors (Lipinski definition) is 0. The number of ether oxygens (including phenoxy) is 1. The van der Waals surface area contributed by atoms with Crippen LogP contribution in [0.3, 0.4) is 0 Å². The van der Waals surface area contributed by atoms with Crippen LogP contribution >= 0.6 is 0 Å². The molecule has 0 aromatic carbocycles. The van der Waals surface area contributed by atoms with Crippen LogP contribution in [0.2, 0.25) is 0 Å². The Kier molecular flexibility index (Phi) is 3.21. The summed E-state index contributed by atoms with van der Waals surface area (Å²) in [6, 6.07) is 6.14. The number of rotatable bonds is 3. The first-order chi connectivity index (χ1) is 7.25. The summed E-state index contributed by atoms with van der Waals surface area (Å²) in [5, 5.41) is 0. The SMILES string of the molecule is Cc1cccc(N(C)CC2CCOC2)n1. The van der Waals surface area contributed by atoms with E-state index in [1.165, 1.54) is 6.42 Å². The molecule has 1 aromatic heterocycles. The normalized spacial score (nSPS) is 20.5. The Morgan fingerprint density at radius 2 is 2.40 bits per heavy atom. The van der Waals surface area contributed by atoms with Crippen LogP contribution in [0.25, 0.3) is 0 Å². The Hall–Kier alpha value is -1.09. The fourth-order valence-electron chi connectivity index (χ4n) is 1.95. The van der Waals surface area contributed by atoms with Crippen molar-refractivity contribution >= 4 is 5.82 Å². The Labute approximate surface area is 91.1 Å². The molecule has 0 aliphatic carbocycles. The number of hydrogen-bond acceptors (Lipinski definition) is 3. The van der Waals surface area contributed by atoms with Crippen LogP contribution in [0.1, 0.15) is 12.1 Å². The first kappa shape index (κ1) is 10.4. The van der Waals surface area contributed by atoms with E-state index in [4.69, 9.17) is 4.74 Å². The lowest BCUT2D eigenvalue weighted by Crippen LogP contribution is -2.26. The van der Waals surface area contributed by atoms with Gasteiger partial charge in [0, 0.05) is 31.8 Å². The molecule has 0 saturated carbocycles. The summed E-state index contributed by atoms with van der Waals surface area (Å²) in [7, 11) is 2.10. The zero-order valence-corrected chi connectivity index (χ0v) is 9.44. The van der Waals surface area contributed by atoms with Crippen molar-refractivity contribution in [2.24, 2.45) is 5.92 Å². The lowest BCUT2D eigenvalue weighted by atomic mass is 10.1. The van der Waals surface area contributed by atoms with E-state index in [0.29, 0.717) is 5.92 Å². The molecule has 0 radical (unpaired) electrons. The standard InChI is InChI=1S/C12H18N2O/c1-10-4-3-5-12(13-10)14(2)8-11-6-7-15-9-11/h3-5,11H,6-9H2,1-2H3. The van der Waals surface area contributed by atoms with Crippen molar-refractivity contribution < 1.29 is 4.74 Å². The fraction of sp³-hybridized carbons (Fsp3) is 0.583. The maximum atomic E-state index is 5.37. The van der Waals surface area contributed by atoms with Gasteiger partial charge < -0.3 is 9.64 Å². The molecule has 0 bridgehead atoms. The zero-order valence-electron chi connectivity index (χ0n) is 9.44. The second-order valence-corrected chi connectivity index (χ2v) is 4.25. The van der Waals surface area contributed by atoms with Gasteiger partial charge >= 0.3 is 0 Å². The third-order valence-electron chi connectivity index (χ3n) is 2.82. The van der Waals surface area contributed by atoms with Crippen LogP contribution in [0, 0.1) is 12.8 Å². The molecule has 1 aliphatic rings. The lowest BCUT2D eigenvalue weighted by Gasteiger charge is -2.21. The van der Waals surface area contributed by atoms with Gasteiger partial charge in [-0.2, -0.15) is 0 Å². The highest BCUT2D eigenvalue weighted by molar-refractivity contribution is 5.38. The maximum Gasteiger partial charge on any atom is 0.128 e. The average Bonchev–Trinajstić information content (AvgIpc) is 2.70. The fourth-order valence-corrected chi connectivity index (χ4v) is 1.95. The van der Waals surface area contributed by atoms with Crippen molar-refractivity contribution in [1.29, 1.82) is 0 Å². The van der Waals surface area contributed by atoms with Gasteiger partial charge in [-0.15, -0.1) is 0 Å². The van der Waals surface area contributed by atoms with Crippen LogP contribution in [-0.4, -0.2) is 31.8 Å². The van der Waals surface area contributed by atoms with E-state index in [2.05, 4.69) is 29.1 Å². The number of aryl methyl sites for hydroxylation is 1. The van der Waals surface area contributed by atoms with Gasteiger partial charge in [-0.05, 0) is 25.5 Å². The first-order valence-electron chi connectivity index (χ1n) is 5.48. The molecule has 2 rings (SSSR count). The van der Waals surface area contributed by atoms with Crippen LogP contribution in [0.15, 0.2) is 18.2 Å². The molecule has 3 nitrogen and oxygen atoms in total. The van der Waals surface area contributed by atoms with Crippen LogP contribution in [0.4, 0.5) is 5.82 Å². The molecule has 1 fully saturated rings. The van der Waals surface area contributed by atoms with Crippen molar-refractivity contribution in [3.8, 4) is 0 Å². The van der Waals surface area contributed by atoms with Gasteiger partial charge in [0.2, 0.25) is 0 Å². The number of aromatic nitrogens is 1. The monoisotopic (exact) mass is 206 g/mol. The number of nitrogens with zero attached hydrogens (tertiary/aromatic N) is 2. The zero-order chi connectivity index (χ0) is 10.7. The van der Waals surface area contributed by atoms with Gasteiger partial charge in [-0.25, -0.2) is 4.98 Å². The molecule has 1 aromatic rings. The van der Waals surface area contributed by atoms with E-state index in [0.717, 1.165) is 31.3 Å². The Morgan fingerprint density at radius 3 is 3.07 bits per heavy atom. The minimum atomic E-state index is 0.664. The molecular formula is C12H18N2O. The quantitative estimate of drug-likeness (QED) is 0.755. The largest absolute Gasteiger partial charge is 0.381 e. The second-order valence-electron chi connectivity index (χ2n) is 4.25. The first-order valence-corrected chi connectivity index (χ1v) is 5.48. The summed E-state index contributed by atoms with van der Waals surface area (Å²) in [6.45, 7) is 4.88. The maximum absolute atomic E-state index is 5.37. The van der Waals surface area contributed by atoms with Crippen molar-refractivity contribution in [3.05, 3.63) is 23.9 Å². The summed E-state index contributed by atoms with van der Waals surface area (Å²) in [6.07, 6.45) is 1.18. The lowest BCUT2D eigenvalue weighted by molar-refractivity contribution is 0.186. The molecule has 0 amide bonds. The summed E-state index contributed by atoms with van der Waals surface area (Å²) in [5.74, 6) is 1.72. The highest BCUT2D eigenvalue weighted by Crippen LogP contribution is 2.17. The molecule has 2 heterocycles. The summed E-state index contributed by atoms with van der Waals surface area (Å²) in [4.78, 5) is 6.71. The summed E-state index contributed by atoms with van der Waals surface area (Å²) >= 11 is 0. The third kappa shape index (κ3) is 2.69. The van der Waals surface area contributed by atoms with Crippen molar-refractivity contribution in [1.82, 2.24) is 4.98 Å². The van der Waals surface area contributed by atoms with Gasteiger partial charge in [0.25, 0.3) is 0 Å². The molecule has 15 heavy (non-hydrogen) atoms. The molecule has 0 N–H and O–H groups in total. The summed E-state index contributed by atoms with van der Waals surface area (Å²) in [5.41, 5.74) is 1.07. The average molecular weight is 206 g/mol. The van der Waals surface area contributed by atoms with Gasteiger partial charge in [-0.1, -0.05) is 6.07 Å². The predicted octanol–water partition coefficient (Wildman–Crippen LogP) is 1.86. The van der Waals surface area contributed by atoms with Crippen LogP contribution < -0.4 is 4.90 Å². The van der Waals surface area contributed by atoms with Crippen molar-refractivity contribution in [3.63, 3.8) is 0 Å². The van der Waals surface area contributed by atoms with E-state index in [9.17, 15) is 0 Å². The molecule has 1 saturated heterocycles. The van der Waals surface area contributed by atoms with E-state index < -0.39 is 0 Å². The molecule has 1 unspecified atom stereocenters. The van der Waals surface area contributed by atoms with Gasteiger partial charge in [0.05, 0.1) is 6.61 Å². The third-order valence-corrected chi connectivity index (χ3v) is 2.82. The molecule has 82 valence electrons. The molecule has 3 heteroatoms. The van der Waals surface area contributed by atoms with Crippen molar-refractivity contribution in [2.45, 2.75) is 13.3 Å². The second kappa shape index (κ2) is 4.62. The smallest absolute Gasteiger partial charge is 0.128 e. The number of pyridine rings is 1. The van der Waals surface area contributed by atoms with Crippen LogP contribution in [0.5, 0.6) is 0 Å². The Morgan fingerprint density at radius 1 is 1.53 bits per heavy atom. The van der Waals surface area contributed by atoms with E-state index in [1.54, 1.807) is 0 Å². The Bertz CT molecular complexity index is 321. The van der Waals surface area contributed by atoms with E-state index in [-0.39, 0.29) is 0 Å². The molecule has 0 spiro atoms. The summed E-state index contributed by atoms with van der Waals surface area (Å²) < 4.78 is 5.37. The molecule has 1 atom stereocenters. The van der Waals surface area contributed by atoms with Gasteiger partial charge in [0.15, 0.2) is 0 Å². The highest BCUT2D eigenvalue weighted by Gasteiger charge is 2.17. The highest BCUT2D eigenvalue weighted by atomic mass is 16.5. The minimum Gasteiger partial charge on any atom is -0.381 e. The number of anilines is 1. The minimum absolute atomic E-state index is 0.664. The van der Waals surface area contributed by atoms with Crippen LogP contribution in [-0.2, 0) is 4.74 Å². The van der Waals surface area contributed by atoms with E-state index >= 15 is 0 Å². The van der Waals surface area contributed by atoms with E-state index in [1.807, 2.05) is 13.0 Å².